The van der Waals surface area contributed by atoms with Gasteiger partial charge in [-0.3, -0.25) is 10.1 Å². The zero-order valence-electron chi connectivity index (χ0n) is 11.7. The highest BCUT2D eigenvalue weighted by atomic mass is 79.9. The highest BCUT2D eigenvalue weighted by molar-refractivity contribution is 9.10. The van der Waals surface area contributed by atoms with Crippen LogP contribution in [0.2, 0.25) is 0 Å². The Morgan fingerprint density at radius 1 is 1.50 bits per heavy atom. The van der Waals surface area contributed by atoms with E-state index in [0.29, 0.717) is 18.1 Å². The lowest BCUT2D eigenvalue weighted by atomic mass is 9.97. The van der Waals surface area contributed by atoms with Crippen LogP contribution in [0.15, 0.2) is 33.6 Å². The van der Waals surface area contributed by atoms with E-state index >= 15 is 0 Å². The van der Waals surface area contributed by atoms with Crippen molar-refractivity contribution in [3.8, 4) is 0 Å². The molecule has 1 aliphatic carbocycles. The molecule has 5 heteroatoms. The van der Waals surface area contributed by atoms with Gasteiger partial charge in [-0.25, -0.2) is 0 Å². The Morgan fingerprint density at radius 3 is 2.80 bits per heavy atom. The molecule has 2 N–H and O–H groups in total. The van der Waals surface area contributed by atoms with Crippen LogP contribution < -0.4 is 5.32 Å². The maximum atomic E-state index is 11.6. The summed E-state index contributed by atoms with van der Waals surface area (Å²) in [7, 11) is 0. The molecule has 0 amide bonds. The van der Waals surface area contributed by atoms with Crippen molar-refractivity contribution in [1.29, 1.82) is 0 Å². The number of aliphatic carboxylic acids is 1. The number of thioether (sulfide) groups is 1. The first-order valence-electron chi connectivity index (χ1n) is 6.85. The van der Waals surface area contributed by atoms with Crippen LogP contribution in [0.25, 0.3) is 0 Å². The van der Waals surface area contributed by atoms with Gasteiger partial charge in [0.25, 0.3) is 0 Å². The molecule has 2 unspecified atom stereocenters. The first-order valence-corrected chi connectivity index (χ1v) is 8.52. The average Bonchev–Trinajstić information content (AvgIpc) is 2.76. The molecule has 0 spiro atoms. The van der Waals surface area contributed by atoms with E-state index in [1.54, 1.807) is 11.8 Å². The van der Waals surface area contributed by atoms with Crippen LogP contribution in [-0.4, -0.2) is 27.9 Å². The molecular formula is C15H20BrNO2S. The van der Waals surface area contributed by atoms with Crippen LogP contribution in [0.1, 0.15) is 33.1 Å². The summed E-state index contributed by atoms with van der Waals surface area (Å²) in [5, 5.41) is 13.2. The Bertz CT molecular complexity index is 495. The predicted octanol–water partition coefficient (Wildman–Crippen LogP) is 3.92. The molecule has 1 saturated carbocycles. The molecule has 110 valence electrons. The minimum absolute atomic E-state index is 0.179. The summed E-state index contributed by atoms with van der Waals surface area (Å²) in [5.74, 6) is -0.721. The predicted molar refractivity (Wildman–Crippen MR) is 86.3 cm³/mol. The number of benzene rings is 1. The van der Waals surface area contributed by atoms with Crippen molar-refractivity contribution in [1.82, 2.24) is 5.32 Å². The summed E-state index contributed by atoms with van der Waals surface area (Å²) in [4.78, 5) is 12.8. The fourth-order valence-electron chi connectivity index (χ4n) is 2.76. The Morgan fingerprint density at radius 2 is 2.20 bits per heavy atom. The summed E-state index contributed by atoms with van der Waals surface area (Å²) < 4.78 is 1.08. The van der Waals surface area contributed by atoms with Gasteiger partial charge in [-0.2, -0.15) is 0 Å². The van der Waals surface area contributed by atoms with E-state index in [9.17, 15) is 9.90 Å². The molecular weight excluding hydrogens is 338 g/mol. The summed E-state index contributed by atoms with van der Waals surface area (Å²) in [5.41, 5.74) is -0.757. The third-order valence-electron chi connectivity index (χ3n) is 3.57. The van der Waals surface area contributed by atoms with Crippen molar-refractivity contribution >= 4 is 33.7 Å². The van der Waals surface area contributed by atoms with E-state index in [-0.39, 0.29) is 6.04 Å². The number of carboxylic acids is 1. The average molecular weight is 358 g/mol. The third-order valence-corrected chi connectivity index (χ3v) is 5.87. The van der Waals surface area contributed by atoms with Crippen LogP contribution >= 0.6 is 27.7 Å². The summed E-state index contributed by atoms with van der Waals surface area (Å²) in [6.45, 7) is 4.00. The number of hydrogen-bond donors (Lipinski definition) is 2. The fraction of sp³-hybridized carbons (Fsp3) is 0.533. The maximum Gasteiger partial charge on any atom is 0.323 e. The molecule has 0 bridgehead atoms. The van der Waals surface area contributed by atoms with Gasteiger partial charge in [0, 0.05) is 20.7 Å². The molecule has 0 aromatic heterocycles. The van der Waals surface area contributed by atoms with E-state index < -0.39 is 11.5 Å². The SMILES string of the molecule is CC(C)NC1(C(=O)O)CCC(Sc2ccccc2Br)C1. The normalized spacial score (nSPS) is 26.1. The molecule has 1 aliphatic rings. The second-order valence-corrected chi connectivity index (χ2v) is 7.80. The molecule has 0 saturated heterocycles. The number of carbonyl (C=O) groups is 1. The molecule has 1 fully saturated rings. The van der Waals surface area contributed by atoms with E-state index in [4.69, 9.17) is 0 Å². The first kappa shape index (κ1) is 15.9. The largest absolute Gasteiger partial charge is 0.480 e. The number of nitrogens with one attached hydrogen (secondary N) is 1. The quantitative estimate of drug-likeness (QED) is 0.838. The van der Waals surface area contributed by atoms with Gasteiger partial charge in [0.05, 0.1) is 0 Å². The zero-order chi connectivity index (χ0) is 14.8. The van der Waals surface area contributed by atoms with E-state index in [1.807, 2.05) is 32.0 Å². The van der Waals surface area contributed by atoms with Crippen molar-refractivity contribution in [2.24, 2.45) is 0 Å². The van der Waals surface area contributed by atoms with Crippen LogP contribution in [0.5, 0.6) is 0 Å². The molecule has 1 aromatic rings. The lowest BCUT2D eigenvalue weighted by molar-refractivity contribution is -0.145. The van der Waals surface area contributed by atoms with Crippen molar-refractivity contribution in [2.75, 3.05) is 0 Å². The highest BCUT2D eigenvalue weighted by Crippen LogP contribution is 2.42. The molecule has 20 heavy (non-hydrogen) atoms. The van der Waals surface area contributed by atoms with Crippen LogP contribution in [0.4, 0.5) is 0 Å². The zero-order valence-corrected chi connectivity index (χ0v) is 14.1. The molecule has 2 atom stereocenters. The van der Waals surface area contributed by atoms with Crippen molar-refractivity contribution in [2.45, 2.75) is 54.8 Å². The first-order chi connectivity index (χ1) is 9.43. The fourth-order valence-corrected chi connectivity index (χ4v) is 4.63. The van der Waals surface area contributed by atoms with Crippen molar-refractivity contribution in [3.05, 3.63) is 28.7 Å². The minimum Gasteiger partial charge on any atom is -0.480 e. The van der Waals surface area contributed by atoms with Crippen molar-refractivity contribution in [3.63, 3.8) is 0 Å². The van der Waals surface area contributed by atoms with Crippen molar-refractivity contribution < 1.29 is 9.90 Å². The second kappa shape index (κ2) is 6.50. The van der Waals surface area contributed by atoms with Crippen LogP contribution in [0, 0.1) is 0 Å². The lowest BCUT2D eigenvalue weighted by Crippen LogP contribution is -2.53. The standard InChI is InChI=1S/C15H20BrNO2S/c1-10(2)17-15(14(18)19)8-7-11(9-15)20-13-6-4-3-5-12(13)16/h3-6,10-11,17H,7-9H2,1-2H3,(H,18,19). The number of carboxylic acid groups (broad SMARTS) is 1. The summed E-state index contributed by atoms with van der Waals surface area (Å²) in [6, 6.07) is 8.28. The summed E-state index contributed by atoms with van der Waals surface area (Å²) >= 11 is 5.32. The Balaban J connectivity index is 2.07. The maximum absolute atomic E-state index is 11.6. The van der Waals surface area contributed by atoms with Gasteiger partial charge in [-0.15, -0.1) is 11.8 Å². The monoisotopic (exact) mass is 357 g/mol. The molecule has 3 nitrogen and oxygen atoms in total. The van der Waals surface area contributed by atoms with Crippen LogP contribution in [-0.2, 0) is 4.79 Å². The molecule has 0 radical (unpaired) electrons. The van der Waals surface area contributed by atoms with Gasteiger partial charge < -0.3 is 5.11 Å². The van der Waals surface area contributed by atoms with Gasteiger partial charge in [-0.1, -0.05) is 12.1 Å². The molecule has 2 rings (SSSR count). The number of hydrogen-bond acceptors (Lipinski definition) is 3. The Hall–Kier alpha value is -0.520. The molecule has 0 aliphatic heterocycles. The van der Waals surface area contributed by atoms with E-state index in [2.05, 4.69) is 27.3 Å². The smallest absolute Gasteiger partial charge is 0.323 e. The number of halogens is 1. The third kappa shape index (κ3) is 3.57. The van der Waals surface area contributed by atoms with Crippen LogP contribution in [0.3, 0.4) is 0 Å². The molecule has 0 heterocycles. The van der Waals surface area contributed by atoms with E-state index in [1.165, 1.54) is 4.90 Å². The van der Waals surface area contributed by atoms with Gasteiger partial charge in [0.1, 0.15) is 5.54 Å². The van der Waals surface area contributed by atoms with Gasteiger partial charge in [0.2, 0.25) is 0 Å². The van der Waals surface area contributed by atoms with Gasteiger partial charge in [0.15, 0.2) is 0 Å². The Labute approximate surface area is 132 Å². The topological polar surface area (TPSA) is 49.3 Å². The number of rotatable bonds is 5. The second-order valence-electron chi connectivity index (χ2n) is 5.60. The van der Waals surface area contributed by atoms with E-state index in [0.717, 1.165) is 10.9 Å². The molecule has 1 aromatic carbocycles. The Kier molecular flexibility index (Phi) is 5.15. The highest BCUT2D eigenvalue weighted by Gasteiger charge is 2.46. The summed E-state index contributed by atoms with van der Waals surface area (Å²) in [6.07, 6.45) is 2.30. The minimum atomic E-state index is -0.757. The van der Waals surface area contributed by atoms with Gasteiger partial charge in [-0.05, 0) is 61.2 Å². The van der Waals surface area contributed by atoms with Gasteiger partial charge >= 0.3 is 5.97 Å². The lowest BCUT2D eigenvalue weighted by Gasteiger charge is -2.28.